The first kappa shape index (κ1) is 17.6. The maximum absolute atomic E-state index is 12.7. The van der Waals surface area contributed by atoms with Gasteiger partial charge in [-0.2, -0.15) is 0 Å². The Balaban J connectivity index is 1.33. The second-order valence-electron chi connectivity index (χ2n) is 8.19. The molecule has 1 unspecified atom stereocenters. The Labute approximate surface area is 163 Å². The Hall–Kier alpha value is -2.45. The highest BCUT2D eigenvalue weighted by Crippen LogP contribution is 2.29. The van der Waals surface area contributed by atoms with E-state index < -0.39 is 0 Å². The minimum atomic E-state index is -0.158. The molecule has 4 aliphatic rings. The van der Waals surface area contributed by atoms with Gasteiger partial charge >= 0.3 is 0 Å². The number of aromatic nitrogens is 1. The van der Waals surface area contributed by atoms with Crippen LogP contribution in [0.15, 0.2) is 22.7 Å². The molecule has 8 heteroatoms. The molecule has 8 nitrogen and oxygen atoms in total. The number of carbonyl (C=O) groups excluding carboxylic acids is 2. The van der Waals surface area contributed by atoms with E-state index in [-0.39, 0.29) is 17.9 Å². The van der Waals surface area contributed by atoms with Crippen LogP contribution >= 0.6 is 0 Å². The zero-order valence-electron chi connectivity index (χ0n) is 16.1. The number of hydrogen-bond acceptors (Lipinski definition) is 6. The summed E-state index contributed by atoms with van der Waals surface area (Å²) in [4.78, 5) is 35.4. The second-order valence-corrected chi connectivity index (χ2v) is 8.19. The van der Waals surface area contributed by atoms with Gasteiger partial charge in [0, 0.05) is 49.4 Å². The molecule has 0 radical (unpaired) electrons. The van der Waals surface area contributed by atoms with Crippen LogP contribution in [-0.4, -0.2) is 79.0 Å². The van der Waals surface area contributed by atoms with E-state index in [1.165, 1.54) is 0 Å². The maximum Gasteiger partial charge on any atom is 0.270 e. The summed E-state index contributed by atoms with van der Waals surface area (Å²) in [6, 6.07) is 3.69. The predicted molar refractivity (Wildman–Crippen MR) is 104 cm³/mol. The lowest BCUT2D eigenvalue weighted by atomic mass is 9.84. The number of rotatable bonds is 3. The van der Waals surface area contributed by atoms with Crippen LogP contribution in [0.1, 0.15) is 23.3 Å². The smallest absolute Gasteiger partial charge is 0.270 e. The van der Waals surface area contributed by atoms with Gasteiger partial charge in [-0.15, -0.1) is 0 Å². The van der Waals surface area contributed by atoms with Gasteiger partial charge in [0.2, 0.25) is 11.8 Å². The molecule has 2 aromatic heterocycles. The number of likely N-dealkylation sites (N-methyl/N-ethyl adjacent to an activating group) is 1. The van der Waals surface area contributed by atoms with Crippen LogP contribution in [0.2, 0.25) is 0 Å². The lowest BCUT2D eigenvalue weighted by Crippen LogP contribution is -2.57. The molecule has 2 amide bonds. The third kappa shape index (κ3) is 3.16. The maximum atomic E-state index is 12.7. The average molecular weight is 383 g/mol. The summed E-state index contributed by atoms with van der Waals surface area (Å²) in [7, 11) is 1.93. The van der Waals surface area contributed by atoms with Gasteiger partial charge in [0.05, 0.1) is 6.54 Å². The van der Waals surface area contributed by atoms with E-state index in [2.05, 4.69) is 15.2 Å². The molecule has 4 fully saturated rings. The Morgan fingerprint density at radius 2 is 2.04 bits per heavy atom. The van der Waals surface area contributed by atoms with Gasteiger partial charge in [-0.05, 0) is 38.9 Å². The number of piperidine rings is 3. The van der Waals surface area contributed by atoms with E-state index in [0.717, 1.165) is 44.4 Å². The lowest BCUT2D eigenvalue weighted by molar-refractivity contribution is -0.121. The van der Waals surface area contributed by atoms with Gasteiger partial charge in [-0.25, -0.2) is 0 Å². The number of furan rings is 1. The van der Waals surface area contributed by atoms with Crippen molar-refractivity contribution in [2.45, 2.75) is 18.9 Å². The number of hydrogen-bond donors (Lipinski definition) is 1. The summed E-state index contributed by atoms with van der Waals surface area (Å²) in [5.41, 5.74) is 0.936. The van der Waals surface area contributed by atoms with Gasteiger partial charge in [0.1, 0.15) is 11.3 Å². The summed E-state index contributed by atoms with van der Waals surface area (Å²) in [5, 5.41) is 3.95. The number of carbonyl (C=O) groups is 2. The number of pyridine rings is 1. The molecule has 6 rings (SSSR count). The number of piperazine rings is 1. The summed E-state index contributed by atoms with van der Waals surface area (Å²) in [6.07, 6.45) is 3.95. The molecule has 148 valence electrons. The van der Waals surface area contributed by atoms with E-state index >= 15 is 0 Å². The van der Waals surface area contributed by atoms with Crippen LogP contribution in [0.25, 0.3) is 11.0 Å². The molecule has 28 heavy (non-hydrogen) atoms. The van der Waals surface area contributed by atoms with Crippen molar-refractivity contribution in [2.24, 2.45) is 5.92 Å². The Bertz CT molecular complexity index is 918. The Morgan fingerprint density at radius 1 is 1.21 bits per heavy atom. The van der Waals surface area contributed by atoms with Crippen molar-refractivity contribution in [3.8, 4) is 0 Å². The predicted octanol–water partition coefficient (Wildman–Crippen LogP) is 0.930. The first-order valence-electron chi connectivity index (χ1n) is 9.98. The van der Waals surface area contributed by atoms with Crippen molar-refractivity contribution >= 4 is 28.7 Å². The van der Waals surface area contributed by atoms with Crippen LogP contribution in [0.5, 0.6) is 0 Å². The van der Waals surface area contributed by atoms with Crippen molar-refractivity contribution in [2.75, 3.05) is 51.2 Å². The normalized spacial score (nSPS) is 28.1. The topological polar surface area (TPSA) is 81.9 Å². The minimum absolute atomic E-state index is 0.0149. The quantitative estimate of drug-likeness (QED) is 0.849. The van der Waals surface area contributed by atoms with Crippen LogP contribution in [-0.2, 0) is 4.79 Å². The van der Waals surface area contributed by atoms with E-state index in [4.69, 9.17) is 4.42 Å². The molecule has 2 bridgehead atoms. The van der Waals surface area contributed by atoms with E-state index in [9.17, 15) is 9.59 Å². The summed E-state index contributed by atoms with van der Waals surface area (Å²) >= 11 is 0. The molecule has 0 spiro atoms. The van der Waals surface area contributed by atoms with Crippen molar-refractivity contribution in [1.29, 1.82) is 0 Å². The SMILES string of the molecule is CN1CCN(c2cc3cnc(C(=O)NC4CN5CCC4CC5)cc3o2)C(=O)C1. The van der Waals surface area contributed by atoms with E-state index in [1.54, 1.807) is 17.2 Å². The van der Waals surface area contributed by atoms with Crippen molar-refractivity contribution in [3.63, 3.8) is 0 Å². The first-order chi connectivity index (χ1) is 13.6. The van der Waals surface area contributed by atoms with Gasteiger partial charge < -0.3 is 14.6 Å². The Kier molecular flexibility index (Phi) is 4.32. The molecule has 0 aromatic carbocycles. The van der Waals surface area contributed by atoms with Gasteiger partial charge in [-0.1, -0.05) is 0 Å². The summed E-state index contributed by atoms with van der Waals surface area (Å²) in [6.45, 7) is 4.98. The molecular formula is C20H25N5O3. The number of anilines is 1. The van der Waals surface area contributed by atoms with Gasteiger partial charge in [0.15, 0.2) is 0 Å². The molecule has 0 aliphatic carbocycles. The second kappa shape index (κ2) is 6.86. The van der Waals surface area contributed by atoms with E-state index in [0.29, 0.717) is 36.2 Å². The molecule has 6 heterocycles. The third-order valence-electron chi connectivity index (χ3n) is 6.27. The van der Waals surface area contributed by atoms with Crippen molar-refractivity contribution in [3.05, 3.63) is 24.0 Å². The molecule has 2 aromatic rings. The molecular weight excluding hydrogens is 358 g/mol. The molecule has 1 N–H and O–H groups in total. The fraction of sp³-hybridized carbons (Fsp3) is 0.550. The minimum Gasteiger partial charge on any atom is -0.440 e. The fourth-order valence-corrected chi connectivity index (χ4v) is 4.57. The van der Waals surface area contributed by atoms with E-state index in [1.807, 2.05) is 18.0 Å². The third-order valence-corrected chi connectivity index (χ3v) is 6.27. The summed E-state index contributed by atoms with van der Waals surface area (Å²) < 4.78 is 5.90. The Morgan fingerprint density at radius 3 is 2.75 bits per heavy atom. The zero-order valence-corrected chi connectivity index (χ0v) is 16.1. The number of nitrogens with one attached hydrogen (secondary N) is 1. The molecule has 4 aliphatic heterocycles. The van der Waals surface area contributed by atoms with Gasteiger partial charge in [0.25, 0.3) is 5.91 Å². The van der Waals surface area contributed by atoms with Crippen molar-refractivity contribution < 1.29 is 14.0 Å². The fourth-order valence-electron chi connectivity index (χ4n) is 4.57. The zero-order chi connectivity index (χ0) is 19.3. The van der Waals surface area contributed by atoms with Crippen LogP contribution < -0.4 is 10.2 Å². The highest BCUT2D eigenvalue weighted by atomic mass is 16.4. The van der Waals surface area contributed by atoms with Crippen LogP contribution in [0.4, 0.5) is 5.88 Å². The average Bonchev–Trinajstić information content (AvgIpc) is 3.11. The number of nitrogens with zero attached hydrogens (tertiary/aromatic N) is 4. The van der Waals surface area contributed by atoms with Crippen LogP contribution in [0.3, 0.4) is 0 Å². The number of fused-ring (bicyclic) bond motifs is 4. The lowest BCUT2D eigenvalue weighted by Gasteiger charge is -2.44. The highest BCUT2D eigenvalue weighted by molar-refractivity contribution is 5.98. The summed E-state index contributed by atoms with van der Waals surface area (Å²) in [5.74, 6) is 0.941. The standard InChI is InChI=1S/C20H25N5O3/c1-23-6-7-25(18(26)12-23)19-8-14-10-21-15(9-17(14)28-19)20(27)22-16-11-24-4-2-13(16)3-5-24/h8-10,13,16H,2-7,11-12H2,1H3,(H,22,27). The molecule has 0 saturated carbocycles. The molecule has 1 atom stereocenters. The first-order valence-corrected chi connectivity index (χ1v) is 9.98. The largest absolute Gasteiger partial charge is 0.440 e. The monoisotopic (exact) mass is 383 g/mol. The van der Waals surface area contributed by atoms with Gasteiger partial charge in [-0.3, -0.25) is 24.4 Å². The highest BCUT2D eigenvalue weighted by Gasteiger charge is 2.35. The number of amides is 2. The van der Waals surface area contributed by atoms with Crippen LogP contribution in [0, 0.1) is 5.92 Å². The molecule has 4 saturated heterocycles. The van der Waals surface area contributed by atoms with Crippen molar-refractivity contribution in [1.82, 2.24) is 20.1 Å².